The summed E-state index contributed by atoms with van der Waals surface area (Å²) in [6.07, 6.45) is 0. The molecule has 0 radical (unpaired) electrons. The van der Waals surface area contributed by atoms with Gasteiger partial charge in [0.1, 0.15) is 6.04 Å². The van der Waals surface area contributed by atoms with E-state index >= 15 is 0 Å². The Balaban J connectivity index is 2.91. The fraction of sp³-hybridized carbons (Fsp3) is 0.400. The molecule has 1 aromatic heterocycles. The van der Waals surface area contributed by atoms with Gasteiger partial charge in [0, 0.05) is 0 Å². The number of sulfonamides is 1. The lowest BCUT2D eigenvalue weighted by atomic mass is 10.4. The number of esters is 1. The lowest BCUT2D eigenvalue weighted by Crippen LogP contribution is -2.38. The minimum Gasteiger partial charge on any atom is -0.480 e. The number of carbonyl (C=O) groups is 2. The first-order valence-corrected chi connectivity index (χ1v) is 6.78. The summed E-state index contributed by atoms with van der Waals surface area (Å²) in [5.74, 6) is -2.40. The molecule has 8 nitrogen and oxygen atoms in total. The Bertz CT molecular complexity index is 574. The number of furan rings is 1. The monoisotopic (exact) mass is 291 g/mol. The standard InChI is InChI=1S/C10H13NO7S/c1-3-17-10(14)7-4-5-8(18-7)19(15,16)11-6(2)9(12)13/h4-6,11H,3H2,1-2H3,(H,12,13). The molecule has 1 atom stereocenters. The molecule has 0 saturated carbocycles. The van der Waals surface area contributed by atoms with Crippen molar-refractivity contribution in [3.05, 3.63) is 17.9 Å². The zero-order valence-corrected chi connectivity index (χ0v) is 11.1. The lowest BCUT2D eigenvalue weighted by molar-refractivity contribution is -0.138. The highest BCUT2D eigenvalue weighted by molar-refractivity contribution is 7.89. The molecule has 0 amide bonds. The minimum absolute atomic E-state index is 0.121. The minimum atomic E-state index is -4.14. The van der Waals surface area contributed by atoms with E-state index in [9.17, 15) is 18.0 Å². The van der Waals surface area contributed by atoms with Crippen LogP contribution in [0.1, 0.15) is 24.4 Å². The molecule has 106 valence electrons. The number of rotatable bonds is 6. The Morgan fingerprint density at radius 2 is 2.11 bits per heavy atom. The van der Waals surface area contributed by atoms with Crippen LogP contribution in [0.3, 0.4) is 0 Å². The smallest absolute Gasteiger partial charge is 0.374 e. The Hall–Kier alpha value is -1.87. The van der Waals surface area contributed by atoms with Crippen molar-refractivity contribution in [3.63, 3.8) is 0 Å². The van der Waals surface area contributed by atoms with Crippen molar-refractivity contribution < 1.29 is 32.3 Å². The van der Waals surface area contributed by atoms with Crippen molar-refractivity contribution in [3.8, 4) is 0 Å². The maximum Gasteiger partial charge on any atom is 0.374 e. The van der Waals surface area contributed by atoms with E-state index in [0.29, 0.717) is 0 Å². The van der Waals surface area contributed by atoms with Gasteiger partial charge in [0.25, 0.3) is 10.0 Å². The molecule has 0 fully saturated rings. The van der Waals surface area contributed by atoms with Crippen LogP contribution < -0.4 is 4.72 Å². The first-order valence-electron chi connectivity index (χ1n) is 5.30. The van der Waals surface area contributed by atoms with Crippen molar-refractivity contribution in [1.29, 1.82) is 0 Å². The Kier molecular flexibility index (Phi) is 4.67. The van der Waals surface area contributed by atoms with Gasteiger partial charge >= 0.3 is 11.9 Å². The van der Waals surface area contributed by atoms with E-state index in [0.717, 1.165) is 19.1 Å². The summed E-state index contributed by atoms with van der Waals surface area (Å²) in [6.45, 7) is 2.87. The molecule has 19 heavy (non-hydrogen) atoms. The second-order valence-electron chi connectivity index (χ2n) is 3.52. The molecule has 0 aliphatic carbocycles. The van der Waals surface area contributed by atoms with E-state index < -0.39 is 33.1 Å². The molecule has 2 N–H and O–H groups in total. The van der Waals surface area contributed by atoms with Crippen LogP contribution in [-0.2, 0) is 19.6 Å². The van der Waals surface area contributed by atoms with Crippen molar-refractivity contribution in [1.82, 2.24) is 4.72 Å². The van der Waals surface area contributed by atoms with Gasteiger partial charge < -0.3 is 14.3 Å². The maximum atomic E-state index is 11.7. The van der Waals surface area contributed by atoms with Crippen molar-refractivity contribution >= 4 is 22.0 Å². The van der Waals surface area contributed by atoms with Crippen LogP contribution in [-0.4, -0.2) is 38.1 Å². The first kappa shape index (κ1) is 15.2. The van der Waals surface area contributed by atoms with Gasteiger partial charge in [-0.2, -0.15) is 4.72 Å². The molecule has 0 aromatic carbocycles. The number of hydrogen-bond donors (Lipinski definition) is 2. The number of nitrogens with one attached hydrogen (secondary N) is 1. The molecule has 0 spiro atoms. The van der Waals surface area contributed by atoms with E-state index in [1.165, 1.54) is 0 Å². The van der Waals surface area contributed by atoms with Crippen molar-refractivity contribution in [2.45, 2.75) is 25.0 Å². The second kappa shape index (κ2) is 5.85. The lowest BCUT2D eigenvalue weighted by Gasteiger charge is -2.07. The normalized spacial score (nSPS) is 12.9. The number of ether oxygens (including phenoxy) is 1. The summed E-state index contributed by atoms with van der Waals surface area (Å²) in [7, 11) is -4.14. The highest BCUT2D eigenvalue weighted by Crippen LogP contribution is 2.15. The molecule has 1 heterocycles. The SMILES string of the molecule is CCOC(=O)c1ccc(S(=O)(=O)NC(C)C(=O)O)o1. The molecular formula is C10H13NO7S. The number of aliphatic carboxylic acids is 1. The summed E-state index contributed by atoms with van der Waals surface area (Å²) < 4.78 is 34.8. The zero-order chi connectivity index (χ0) is 14.6. The Morgan fingerprint density at radius 3 is 2.63 bits per heavy atom. The van der Waals surface area contributed by atoms with Gasteiger partial charge in [0.15, 0.2) is 0 Å². The van der Waals surface area contributed by atoms with Crippen LogP contribution in [0.2, 0.25) is 0 Å². The van der Waals surface area contributed by atoms with E-state index in [1.807, 2.05) is 4.72 Å². The van der Waals surface area contributed by atoms with Crippen molar-refractivity contribution in [2.24, 2.45) is 0 Å². The third kappa shape index (κ3) is 3.80. The van der Waals surface area contributed by atoms with Gasteiger partial charge in [-0.1, -0.05) is 0 Å². The average Bonchev–Trinajstić information content (AvgIpc) is 2.78. The molecular weight excluding hydrogens is 278 g/mol. The van der Waals surface area contributed by atoms with Crippen molar-refractivity contribution in [2.75, 3.05) is 6.61 Å². The Morgan fingerprint density at radius 1 is 1.47 bits per heavy atom. The fourth-order valence-corrected chi connectivity index (χ4v) is 2.25. The first-order chi connectivity index (χ1) is 8.77. The molecule has 1 rings (SSSR count). The summed E-state index contributed by atoms with van der Waals surface area (Å²) in [6, 6.07) is 0.863. The quantitative estimate of drug-likeness (QED) is 0.718. The van der Waals surface area contributed by atoms with Crippen LogP contribution >= 0.6 is 0 Å². The molecule has 1 unspecified atom stereocenters. The van der Waals surface area contributed by atoms with E-state index in [2.05, 4.69) is 4.74 Å². The summed E-state index contributed by atoms with van der Waals surface area (Å²) in [4.78, 5) is 21.9. The van der Waals surface area contributed by atoms with E-state index in [4.69, 9.17) is 9.52 Å². The van der Waals surface area contributed by atoms with E-state index in [1.54, 1.807) is 6.92 Å². The second-order valence-corrected chi connectivity index (χ2v) is 5.17. The van der Waals surface area contributed by atoms with Crippen LogP contribution in [0.5, 0.6) is 0 Å². The third-order valence-electron chi connectivity index (χ3n) is 2.03. The van der Waals surface area contributed by atoms with Crippen LogP contribution in [0.4, 0.5) is 0 Å². The molecule has 9 heteroatoms. The van der Waals surface area contributed by atoms with E-state index in [-0.39, 0.29) is 12.4 Å². The average molecular weight is 291 g/mol. The molecule has 1 aromatic rings. The predicted octanol–water partition coefficient (Wildman–Crippen LogP) is 0.208. The third-order valence-corrected chi connectivity index (χ3v) is 3.44. The summed E-state index contributed by atoms with van der Waals surface area (Å²) in [5.41, 5.74) is 0. The molecule has 0 aliphatic heterocycles. The van der Waals surface area contributed by atoms with Gasteiger partial charge in [0.05, 0.1) is 6.61 Å². The predicted molar refractivity (Wildman–Crippen MR) is 62.1 cm³/mol. The van der Waals surface area contributed by atoms with Gasteiger partial charge in [-0.3, -0.25) is 4.79 Å². The largest absolute Gasteiger partial charge is 0.480 e. The number of carboxylic acid groups (broad SMARTS) is 1. The van der Waals surface area contributed by atoms with Crippen LogP contribution in [0.25, 0.3) is 0 Å². The number of hydrogen-bond acceptors (Lipinski definition) is 6. The number of carbonyl (C=O) groups excluding carboxylic acids is 1. The van der Waals surface area contributed by atoms with Crippen LogP contribution in [0.15, 0.2) is 21.6 Å². The summed E-state index contributed by atoms with van der Waals surface area (Å²) in [5, 5.41) is 8.07. The topological polar surface area (TPSA) is 123 Å². The zero-order valence-electron chi connectivity index (χ0n) is 10.2. The summed E-state index contributed by atoms with van der Waals surface area (Å²) >= 11 is 0. The van der Waals surface area contributed by atoms with Crippen LogP contribution in [0, 0.1) is 0 Å². The fourth-order valence-electron chi connectivity index (χ4n) is 1.12. The number of carboxylic acids is 1. The molecule has 0 saturated heterocycles. The highest BCUT2D eigenvalue weighted by Gasteiger charge is 2.25. The molecule has 0 aliphatic rings. The van der Waals surface area contributed by atoms with Gasteiger partial charge in [-0.15, -0.1) is 0 Å². The van der Waals surface area contributed by atoms with Gasteiger partial charge in [-0.05, 0) is 26.0 Å². The van der Waals surface area contributed by atoms with Gasteiger partial charge in [-0.25, -0.2) is 13.2 Å². The highest BCUT2D eigenvalue weighted by atomic mass is 32.2. The van der Waals surface area contributed by atoms with Gasteiger partial charge in [0.2, 0.25) is 10.9 Å². The molecule has 0 bridgehead atoms. The maximum absolute atomic E-state index is 11.7. The Labute approximate surface area is 109 Å².